The van der Waals surface area contributed by atoms with Crippen molar-refractivity contribution in [3.8, 4) is 11.5 Å². The second kappa shape index (κ2) is 6.53. The van der Waals surface area contributed by atoms with Gasteiger partial charge in [0.15, 0.2) is 11.5 Å². The van der Waals surface area contributed by atoms with E-state index in [1.165, 1.54) is 6.07 Å². The van der Waals surface area contributed by atoms with Crippen LogP contribution in [0.1, 0.15) is 21.8 Å². The predicted octanol–water partition coefficient (Wildman–Crippen LogP) is 3.01. The van der Waals surface area contributed by atoms with Crippen LogP contribution in [0.2, 0.25) is 5.02 Å². The monoisotopic (exact) mass is 373 g/mol. The van der Waals surface area contributed by atoms with Crippen LogP contribution in [0.25, 0.3) is 0 Å². The maximum absolute atomic E-state index is 12.9. The Labute approximate surface area is 154 Å². The molecule has 0 unspecified atom stereocenters. The number of ether oxygens (including phenoxy) is 2. The lowest BCUT2D eigenvalue weighted by molar-refractivity contribution is -0.141. The van der Waals surface area contributed by atoms with E-state index in [1.807, 2.05) is 30.3 Å². The molecular formula is C19H16ClNO5. The molecule has 0 saturated carbocycles. The number of carboxylic acid groups (broad SMARTS) is 1. The van der Waals surface area contributed by atoms with E-state index in [2.05, 4.69) is 0 Å². The van der Waals surface area contributed by atoms with Gasteiger partial charge in [-0.3, -0.25) is 9.59 Å². The number of fused-ring (bicyclic) bond motifs is 1. The van der Waals surface area contributed by atoms with Crippen LogP contribution in [-0.2, 0) is 4.79 Å². The van der Waals surface area contributed by atoms with E-state index in [9.17, 15) is 14.7 Å². The summed E-state index contributed by atoms with van der Waals surface area (Å²) in [6, 6.07) is 12.5. The van der Waals surface area contributed by atoms with Crippen molar-refractivity contribution in [1.29, 1.82) is 0 Å². The number of benzene rings is 2. The van der Waals surface area contributed by atoms with Crippen LogP contribution >= 0.6 is 11.6 Å². The zero-order valence-corrected chi connectivity index (χ0v) is 14.5. The van der Waals surface area contributed by atoms with Gasteiger partial charge in [-0.1, -0.05) is 41.9 Å². The normalized spacial score (nSPS) is 21.0. The summed E-state index contributed by atoms with van der Waals surface area (Å²) in [5.41, 5.74) is 1.27. The molecule has 2 aromatic carbocycles. The van der Waals surface area contributed by atoms with Crippen molar-refractivity contribution in [2.75, 3.05) is 19.9 Å². The Kier molecular flexibility index (Phi) is 4.20. The minimum Gasteiger partial charge on any atom is -0.481 e. The number of halogens is 1. The molecule has 1 saturated heterocycles. The molecule has 6 nitrogen and oxygen atoms in total. The van der Waals surface area contributed by atoms with Gasteiger partial charge >= 0.3 is 5.97 Å². The Bertz CT molecular complexity index is 870. The number of hydrogen-bond donors (Lipinski definition) is 1. The molecule has 7 heteroatoms. The Hall–Kier alpha value is -2.73. The van der Waals surface area contributed by atoms with Gasteiger partial charge in [-0.2, -0.15) is 0 Å². The maximum Gasteiger partial charge on any atom is 0.308 e. The van der Waals surface area contributed by atoms with E-state index in [-0.39, 0.29) is 25.2 Å². The van der Waals surface area contributed by atoms with Crippen molar-refractivity contribution in [1.82, 2.24) is 4.90 Å². The third kappa shape index (κ3) is 2.86. The van der Waals surface area contributed by atoms with Gasteiger partial charge in [0.05, 0.1) is 10.9 Å². The number of aliphatic carboxylic acids is 1. The van der Waals surface area contributed by atoms with Crippen LogP contribution in [0.4, 0.5) is 0 Å². The number of carbonyl (C=O) groups excluding carboxylic acids is 1. The highest BCUT2D eigenvalue weighted by Crippen LogP contribution is 2.41. The zero-order chi connectivity index (χ0) is 18.3. The molecule has 2 aliphatic heterocycles. The molecule has 0 spiro atoms. The van der Waals surface area contributed by atoms with Crippen molar-refractivity contribution in [2.45, 2.75) is 5.92 Å². The molecule has 0 aromatic heterocycles. The summed E-state index contributed by atoms with van der Waals surface area (Å²) in [4.78, 5) is 26.2. The molecule has 2 aliphatic rings. The zero-order valence-electron chi connectivity index (χ0n) is 13.7. The first-order valence-corrected chi connectivity index (χ1v) is 8.58. The summed E-state index contributed by atoms with van der Waals surface area (Å²) in [6.45, 7) is 0.555. The first-order chi connectivity index (χ1) is 12.5. The molecule has 2 heterocycles. The fourth-order valence-corrected chi connectivity index (χ4v) is 3.80. The van der Waals surface area contributed by atoms with E-state index < -0.39 is 11.9 Å². The fraction of sp³-hybridized carbons (Fsp3) is 0.263. The number of amides is 1. The smallest absolute Gasteiger partial charge is 0.308 e. The predicted molar refractivity (Wildman–Crippen MR) is 93.8 cm³/mol. The van der Waals surface area contributed by atoms with Gasteiger partial charge in [-0.05, 0) is 17.7 Å². The van der Waals surface area contributed by atoms with Crippen molar-refractivity contribution in [2.24, 2.45) is 5.92 Å². The molecule has 0 aliphatic carbocycles. The van der Waals surface area contributed by atoms with Crippen LogP contribution in [0.3, 0.4) is 0 Å². The molecule has 2 atom stereocenters. The first kappa shape index (κ1) is 16.7. The second-order valence-electron chi connectivity index (χ2n) is 6.36. The molecule has 1 fully saturated rings. The third-order valence-corrected chi connectivity index (χ3v) is 5.11. The van der Waals surface area contributed by atoms with Crippen LogP contribution in [-0.4, -0.2) is 41.8 Å². The Morgan fingerprint density at radius 2 is 1.88 bits per heavy atom. The number of likely N-dealkylation sites (tertiary alicyclic amines) is 1. The van der Waals surface area contributed by atoms with Crippen LogP contribution < -0.4 is 9.47 Å². The minimum atomic E-state index is -0.905. The lowest BCUT2D eigenvalue weighted by Crippen LogP contribution is -2.29. The van der Waals surface area contributed by atoms with Crippen molar-refractivity contribution >= 4 is 23.5 Å². The summed E-state index contributed by atoms with van der Waals surface area (Å²) < 4.78 is 10.6. The molecule has 1 N–H and O–H groups in total. The van der Waals surface area contributed by atoms with E-state index in [0.717, 1.165) is 5.56 Å². The van der Waals surface area contributed by atoms with E-state index in [4.69, 9.17) is 21.1 Å². The second-order valence-corrected chi connectivity index (χ2v) is 6.77. The number of rotatable bonds is 3. The molecule has 134 valence electrons. The molecule has 0 bridgehead atoms. The highest BCUT2D eigenvalue weighted by molar-refractivity contribution is 6.32. The average Bonchev–Trinajstić information content (AvgIpc) is 3.29. The molecule has 1 amide bonds. The Balaban J connectivity index is 1.61. The number of carboxylic acids is 1. The Morgan fingerprint density at radius 1 is 1.12 bits per heavy atom. The van der Waals surface area contributed by atoms with Crippen LogP contribution in [0.5, 0.6) is 11.5 Å². The lowest BCUT2D eigenvalue weighted by atomic mass is 9.89. The maximum atomic E-state index is 12.9. The van der Waals surface area contributed by atoms with Gasteiger partial charge in [0.25, 0.3) is 5.91 Å². The summed E-state index contributed by atoms with van der Waals surface area (Å²) in [5.74, 6) is -1.22. The topological polar surface area (TPSA) is 76.1 Å². The van der Waals surface area contributed by atoms with E-state index in [1.54, 1.807) is 11.0 Å². The molecule has 0 radical (unpaired) electrons. The highest BCUT2D eigenvalue weighted by Gasteiger charge is 2.41. The van der Waals surface area contributed by atoms with Gasteiger partial charge in [0.1, 0.15) is 0 Å². The molecule has 2 aromatic rings. The van der Waals surface area contributed by atoms with Crippen LogP contribution in [0.15, 0.2) is 42.5 Å². The average molecular weight is 374 g/mol. The lowest BCUT2D eigenvalue weighted by Gasteiger charge is -2.17. The third-order valence-electron chi connectivity index (χ3n) is 4.83. The Morgan fingerprint density at radius 3 is 2.62 bits per heavy atom. The van der Waals surface area contributed by atoms with Gasteiger partial charge < -0.3 is 19.5 Å². The molecular weight excluding hydrogens is 358 g/mol. The molecule has 4 rings (SSSR count). The van der Waals surface area contributed by atoms with E-state index in [0.29, 0.717) is 28.6 Å². The number of hydrogen-bond acceptors (Lipinski definition) is 4. The standard InChI is InChI=1S/C19H16ClNO5/c20-15-6-12(7-16-17(15)26-10-25-16)18(22)21-8-13(14(9-21)19(23)24)11-4-2-1-3-5-11/h1-7,13-14H,8-10H2,(H,23,24)/t13-,14-/m1/s1. The minimum absolute atomic E-state index is 0.0631. The van der Waals surface area contributed by atoms with E-state index >= 15 is 0 Å². The highest BCUT2D eigenvalue weighted by atomic mass is 35.5. The number of carbonyl (C=O) groups is 2. The molecule has 26 heavy (non-hydrogen) atoms. The largest absolute Gasteiger partial charge is 0.481 e. The van der Waals surface area contributed by atoms with Crippen molar-refractivity contribution < 1.29 is 24.2 Å². The first-order valence-electron chi connectivity index (χ1n) is 8.21. The fourth-order valence-electron chi connectivity index (χ4n) is 3.53. The summed E-state index contributed by atoms with van der Waals surface area (Å²) in [6.07, 6.45) is 0. The van der Waals surface area contributed by atoms with Crippen molar-refractivity contribution in [3.63, 3.8) is 0 Å². The summed E-state index contributed by atoms with van der Waals surface area (Å²) >= 11 is 6.16. The van der Waals surface area contributed by atoms with Gasteiger partial charge in [0.2, 0.25) is 6.79 Å². The SMILES string of the molecule is O=C(O)[C@@H]1CN(C(=O)c2cc(Cl)c3c(c2)OCO3)C[C@@H]1c1ccccc1. The quantitative estimate of drug-likeness (QED) is 0.895. The number of nitrogens with zero attached hydrogens (tertiary/aromatic N) is 1. The van der Waals surface area contributed by atoms with Gasteiger partial charge in [-0.25, -0.2) is 0 Å². The van der Waals surface area contributed by atoms with Gasteiger partial charge in [-0.15, -0.1) is 0 Å². The van der Waals surface area contributed by atoms with Gasteiger partial charge in [0, 0.05) is 24.6 Å². The summed E-state index contributed by atoms with van der Waals surface area (Å²) in [7, 11) is 0. The summed E-state index contributed by atoms with van der Waals surface area (Å²) in [5, 5.41) is 9.89. The van der Waals surface area contributed by atoms with Crippen molar-refractivity contribution in [3.05, 3.63) is 58.6 Å². The van der Waals surface area contributed by atoms with Crippen LogP contribution in [0, 0.1) is 5.92 Å².